The van der Waals surface area contributed by atoms with Crippen LogP contribution in [0.5, 0.6) is 0 Å². The monoisotopic (exact) mass is 181 g/mol. The van der Waals surface area contributed by atoms with Gasteiger partial charge in [-0.3, -0.25) is 4.79 Å². The number of rotatable bonds is 3. The summed E-state index contributed by atoms with van der Waals surface area (Å²) >= 11 is 0. The van der Waals surface area contributed by atoms with Crippen molar-refractivity contribution in [3.05, 3.63) is 11.8 Å². The lowest BCUT2D eigenvalue weighted by atomic mass is 10.3. The van der Waals surface area contributed by atoms with Gasteiger partial charge in [0.05, 0.1) is 6.61 Å². The fourth-order valence-electron chi connectivity index (χ4n) is 1.69. The lowest BCUT2D eigenvalue weighted by molar-refractivity contribution is -0.120. The van der Waals surface area contributed by atoms with E-state index in [1.165, 1.54) is 0 Å². The van der Waals surface area contributed by atoms with E-state index in [0.29, 0.717) is 24.3 Å². The molecule has 0 unspecified atom stereocenters. The van der Waals surface area contributed by atoms with E-state index >= 15 is 0 Å². The van der Waals surface area contributed by atoms with Crippen LogP contribution in [0, 0.1) is 5.92 Å². The van der Waals surface area contributed by atoms with E-state index in [2.05, 4.69) is 12.2 Å². The minimum absolute atomic E-state index is 0.0292. The second-order valence-electron chi connectivity index (χ2n) is 3.69. The average molecular weight is 181 g/mol. The van der Waals surface area contributed by atoms with E-state index in [4.69, 9.17) is 4.74 Å². The van der Waals surface area contributed by atoms with Crippen molar-refractivity contribution in [1.29, 1.82) is 0 Å². The highest BCUT2D eigenvalue weighted by molar-refractivity contribution is 5.92. The first kappa shape index (κ1) is 8.60. The molecule has 0 aromatic heterocycles. The van der Waals surface area contributed by atoms with Gasteiger partial charge < -0.3 is 10.1 Å². The molecule has 1 fully saturated rings. The molecule has 0 aromatic carbocycles. The van der Waals surface area contributed by atoms with Gasteiger partial charge in [-0.25, -0.2) is 0 Å². The highest BCUT2D eigenvalue weighted by Gasteiger charge is 2.37. The molecule has 1 aliphatic carbocycles. The Morgan fingerprint density at radius 2 is 2.62 bits per heavy atom. The van der Waals surface area contributed by atoms with Gasteiger partial charge in [-0.2, -0.15) is 0 Å². The molecule has 0 aromatic rings. The summed E-state index contributed by atoms with van der Waals surface area (Å²) in [6.45, 7) is 2.81. The maximum absolute atomic E-state index is 11.5. The molecule has 72 valence electrons. The summed E-state index contributed by atoms with van der Waals surface area (Å²) in [5.74, 6) is 1.19. The molecule has 2 aliphatic rings. The minimum atomic E-state index is -0.0292. The van der Waals surface area contributed by atoms with Crippen LogP contribution in [-0.2, 0) is 9.53 Å². The Balaban J connectivity index is 1.79. The summed E-state index contributed by atoms with van der Waals surface area (Å²) < 4.78 is 5.16. The molecule has 0 radical (unpaired) electrons. The van der Waals surface area contributed by atoms with Crippen LogP contribution < -0.4 is 5.32 Å². The lowest BCUT2D eigenvalue weighted by Gasteiger charge is -2.04. The maximum atomic E-state index is 11.5. The number of nitrogens with one attached hydrogen (secondary N) is 1. The first-order valence-corrected chi connectivity index (χ1v) is 4.95. The molecule has 2 rings (SSSR count). The molecule has 13 heavy (non-hydrogen) atoms. The SMILES string of the molecule is CC[C@@H]1C[C@H]1NC(=O)C1=CCCO1. The zero-order valence-corrected chi connectivity index (χ0v) is 7.88. The van der Waals surface area contributed by atoms with E-state index in [9.17, 15) is 4.79 Å². The highest BCUT2D eigenvalue weighted by atomic mass is 16.5. The van der Waals surface area contributed by atoms with Crippen LogP contribution in [0.1, 0.15) is 26.2 Å². The summed E-state index contributed by atoms with van der Waals surface area (Å²) in [7, 11) is 0. The van der Waals surface area contributed by atoms with Gasteiger partial charge in [-0.1, -0.05) is 13.3 Å². The number of hydrogen-bond donors (Lipinski definition) is 1. The lowest BCUT2D eigenvalue weighted by Crippen LogP contribution is -2.28. The van der Waals surface area contributed by atoms with Gasteiger partial charge in [0.1, 0.15) is 0 Å². The molecular weight excluding hydrogens is 166 g/mol. The van der Waals surface area contributed by atoms with Crippen molar-refractivity contribution in [2.24, 2.45) is 5.92 Å². The number of carbonyl (C=O) groups excluding carboxylic acids is 1. The molecule has 0 spiro atoms. The van der Waals surface area contributed by atoms with Crippen LogP contribution in [0.25, 0.3) is 0 Å². The maximum Gasteiger partial charge on any atom is 0.286 e. The smallest absolute Gasteiger partial charge is 0.286 e. The summed E-state index contributed by atoms with van der Waals surface area (Å²) in [5.41, 5.74) is 0. The third kappa shape index (κ3) is 1.85. The number of carbonyl (C=O) groups is 1. The van der Waals surface area contributed by atoms with Crippen LogP contribution >= 0.6 is 0 Å². The number of amides is 1. The summed E-state index contributed by atoms with van der Waals surface area (Å²) in [5, 5.41) is 2.96. The third-order valence-electron chi connectivity index (χ3n) is 2.69. The van der Waals surface area contributed by atoms with Crippen molar-refractivity contribution in [3.8, 4) is 0 Å². The topological polar surface area (TPSA) is 38.3 Å². The predicted octanol–water partition coefficient (Wildman–Crippen LogP) is 1.21. The second kappa shape index (κ2) is 3.40. The first-order chi connectivity index (χ1) is 6.31. The third-order valence-corrected chi connectivity index (χ3v) is 2.69. The Kier molecular flexibility index (Phi) is 2.25. The zero-order valence-electron chi connectivity index (χ0n) is 7.88. The van der Waals surface area contributed by atoms with Crippen molar-refractivity contribution in [2.75, 3.05) is 6.61 Å². The summed E-state index contributed by atoms with van der Waals surface area (Å²) in [6, 6.07) is 0.405. The van der Waals surface area contributed by atoms with E-state index < -0.39 is 0 Å². The summed E-state index contributed by atoms with van der Waals surface area (Å²) in [4.78, 5) is 11.5. The van der Waals surface area contributed by atoms with Crippen LogP contribution in [0.15, 0.2) is 11.8 Å². The largest absolute Gasteiger partial charge is 0.488 e. The molecule has 1 N–H and O–H groups in total. The van der Waals surface area contributed by atoms with Gasteiger partial charge in [-0.15, -0.1) is 0 Å². The van der Waals surface area contributed by atoms with Gasteiger partial charge >= 0.3 is 0 Å². The molecule has 1 aliphatic heterocycles. The van der Waals surface area contributed by atoms with Gasteiger partial charge in [0.15, 0.2) is 5.76 Å². The first-order valence-electron chi connectivity index (χ1n) is 4.95. The molecule has 0 bridgehead atoms. The normalized spacial score (nSPS) is 30.7. The average Bonchev–Trinajstić information content (AvgIpc) is 2.68. The van der Waals surface area contributed by atoms with Crippen LogP contribution in [-0.4, -0.2) is 18.6 Å². The Labute approximate surface area is 78.1 Å². The Hall–Kier alpha value is -0.990. The van der Waals surface area contributed by atoms with Crippen molar-refractivity contribution < 1.29 is 9.53 Å². The van der Waals surface area contributed by atoms with E-state index in [1.807, 2.05) is 6.08 Å². The quantitative estimate of drug-likeness (QED) is 0.710. The minimum Gasteiger partial charge on any atom is -0.488 e. The van der Waals surface area contributed by atoms with Crippen molar-refractivity contribution >= 4 is 5.91 Å². The fraction of sp³-hybridized carbons (Fsp3) is 0.700. The molecule has 3 nitrogen and oxygen atoms in total. The van der Waals surface area contributed by atoms with Gasteiger partial charge in [0.2, 0.25) is 0 Å². The molecule has 1 heterocycles. The van der Waals surface area contributed by atoms with Crippen molar-refractivity contribution in [2.45, 2.75) is 32.2 Å². The van der Waals surface area contributed by atoms with Gasteiger partial charge in [0.25, 0.3) is 5.91 Å². The van der Waals surface area contributed by atoms with E-state index in [-0.39, 0.29) is 5.91 Å². The van der Waals surface area contributed by atoms with Crippen molar-refractivity contribution in [3.63, 3.8) is 0 Å². The Bertz CT molecular complexity index is 247. The second-order valence-corrected chi connectivity index (χ2v) is 3.69. The zero-order chi connectivity index (χ0) is 9.26. The summed E-state index contributed by atoms with van der Waals surface area (Å²) in [6.07, 6.45) is 5.02. The molecule has 1 saturated carbocycles. The predicted molar refractivity (Wildman–Crippen MR) is 49.0 cm³/mol. The van der Waals surface area contributed by atoms with Crippen LogP contribution in [0.4, 0.5) is 0 Å². The van der Waals surface area contributed by atoms with Gasteiger partial charge in [0, 0.05) is 12.5 Å². The number of hydrogen-bond acceptors (Lipinski definition) is 2. The van der Waals surface area contributed by atoms with E-state index in [1.54, 1.807) is 0 Å². The Morgan fingerprint density at radius 1 is 1.77 bits per heavy atom. The molecule has 0 saturated heterocycles. The van der Waals surface area contributed by atoms with Gasteiger partial charge in [-0.05, 0) is 18.4 Å². The number of ether oxygens (including phenoxy) is 1. The molecule has 1 amide bonds. The molecular formula is C10H15NO2. The molecule has 2 atom stereocenters. The fourth-order valence-corrected chi connectivity index (χ4v) is 1.69. The highest BCUT2D eigenvalue weighted by Crippen LogP contribution is 2.33. The van der Waals surface area contributed by atoms with Crippen LogP contribution in [0.2, 0.25) is 0 Å². The Morgan fingerprint density at radius 3 is 3.15 bits per heavy atom. The van der Waals surface area contributed by atoms with Crippen molar-refractivity contribution in [1.82, 2.24) is 5.32 Å². The van der Waals surface area contributed by atoms with E-state index in [0.717, 1.165) is 19.3 Å². The molecule has 3 heteroatoms. The standard InChI is InChI=1S/C10H15NO2/c1-2-7-6-8(7)11-10(12)9-4-3-5-13-9/h4,7-8H,2-3,5-6H2,1H3,(H,11,12)/t7-,8-/m1/s1. The van der Waals surface area contributed by atoms with Crippen LogP contribution in [0.3, 0.4) is 0 Å².